The van der Waals surface area contributed by atoms with E-state index in [-0.39, 0.29) is 24.5 Å². The highest BCUT2D eigenvalue weighted by Crippen LogP contribution is 2.33. The first kappa shape index (κ1) is 20.7. The van der Waals surface area contributed by atoms with Crippen molar-refractivity contribution in [1.29, 1.82) is 5.26 Å². The van der Waals surface area contributed by atoms with Crippen molar-refractivity contribution in [2.75, 3.05) is 7.11 Å². The molecule has 150 valence electrons. The van der Waals surface area contributed by atoms with Crippen LogP contribution in [0.25, 0.3) is 10.8 Å². The summed E-state index contributed by atoms with van der Waals surface area (Å²) in [6.07, 6.45) is 9.95. The number of esters is 1. The van der Waals surface area contributed by atoms with E-state index >= 15 is 0 Å². The van der Waals surface area contributed by atoms with Crippen LogP contribution >= 0.6 is 0 Å². The van der Waals surface area contributed by atoms with Crippen molar-refractivity contribution in [3.05, 3.63) is 54.4 Å². The van der Waals surface area contributed by atoms with Gasteiger partial charge in [-0.05, 0) is 30.4 Å². The lowest BCUT2D eigenvalue weighted by atomic mass is 9.78. The Morgan fingerprint density at radius 1 is 1.24 bits per heavy atom. The molecule has 1 heterocycles. The molecular formula is C24H26N2O3. The highest BCUT2D eigenvalue weighted by molar-refractivity contribution is 5.93. The maximum absolute atomic E-state index is 12.8. The van der Waals surface area contributed by atoms with E-state index in [0.29, 0.717) is 5.69 Å². The minimum Gasteiger partial charge on any atom is -0.468 e. The van der Waals surface area contributed by atoms with E-state index in [9.17, 15) is 14.9 Å². The summed E-state index contributed by atoms with van der Waals surface area (Å²) >= 11 is 0. The molecule has 1 unspecified atom stereocenters. The summed E-state index contributed by atoms with van der Waals surface area (Å²) in [5, 5.41) is 11.4. The van der Waals surface area contributed by atoms with Gasteiger partial charge in [0.05, 0.1) is 19.6 Å². The van der Waals surface area contributed by atoms with Gasteiger partial charge in [-0.3, -0.25) is 14.6 Å². The molecular weight excluding hydrogens is 364 g/mol. The molecule has 5 nitrogen and oxygen atoms in total. The molecule has 0 spiro atoms. The van der Waals surface area contributed by atoms with E-state index in [1.165, 1.54) is 19.6 Å². The topological polar surface area (TPSA) is 80.0 Å². The smallest absolute Gasteiger partial charge is 0.317 e. The zero-order valence-corrected chi connectivity index (χ0v) is 16.8. The van der Waals surface area contributed by atoms with Gasteiger partial charge in [-0.2, -0.15) is 5.26 Å². The fourth-order valence-electron chi connectivity index (χ4n) is 4.12. The van der Waals surface area contributed by atoms with Crippen molar-refractivity contribution in [1.82, 2.24) is 4.98 Å². The third-order valence-electron chi connectivity index (χ3n) is 5.80. The van der Waals surface area contributed by atoms with E-state index in [1.807, 2.05) is 30.3 Å². The number of ketones is 1. The van der Waals surface area contributed by atoms with Crippen LogP contribution in [0.2, 0.25) is 0 Å². The van der Waals surface area contributed by atoms with Gasteiger partial charge < -0.3 is 4.74 Å². The first-order chi connectivity index (χ1) is 14.1. The maximum Gasteiger partial charge on any atom is 0.317 e. The molecule has 29 heavy (non-hydrogen) atoms. The highest BCUT2D eigenvalue weighted by Gasteiger charge is 2.39. The lowest BCUT2D eigenvalue weighted by Gasteiger charge is -2.26. The van der Waals surface area contributed by atoms with Crippen molar-refractivity contribution in [3.63, 3.8) is 0 Å². The van der Waals surface area contributed by atoms with Gasteiger partial charge in [0.1, 0.15) is 5.41 Å². The zero-order valence-electron chi connectivity index (χ0n) is 16.8. The summed E-state index contributed by atoms with van der Waals surface area (Å²) in [5.74, 6) is -0.489. The van der Waals surface area contributed by atoms with E-state index in [2.05, 4.69) is 11.1 Å². The molecule has 3 rings (SSSR count). The lowest BCUT2D eigenvalue weighted by molar-refractivity contribution is -0.149. The van der Waals surface area contributed by atoms with E-state index in [0.717, 1.165) is 36.5 Å². The van der Waals surface area contributed by atoms with Gasteiger partial charge in [0.15, 0.2) is 5.78 Å². The van der Waals surface area contributed by atoms with E-state index in [1.54, 1.807) is 12.3 Å². The zero-order chi connectivity index (χ0) is 20.7. The molecule has 0 bridgehead atoms. The normalized spacial score (nSPS) is 17.0. The summed E-state index contributed by atoms with van der Waals surface area (Å²) in [7, 11) is 1.31. The van der Waals surface area contributed by atoms with Gasteiger partial charge in [0.2, 0.25) is 0 Å². The molecule has 0 aliphatic heterocycles. The molecule has 1 atom stereocenters. The molecule has 1 fully saturated rings. The van der Waals surface area contributed by atoms with E-state index in [4.69, 9.17) is 4.74 Å². The van der Waals surface area contributed by atoms with Crippen LogP contribution in [0.4, 0.5) is 0 Å². The number of hydrogen-bond donors (Lipinski definition) is 0. The van der Waals surface area contributed by atoms with Crippen molar-refractivity contribution in [2.45, 2.75) is 44.9 Å². The van der Waals surface area contributed by atoms with Gasteiger partial charge in [0, 0.05) is 29.6 Å². The summed E-state index contributed by atoms with van der Waals surface area (Å²) in [6.45, 7) is 0. The van der Waals surface area contributed by atoms with Crippen molar-refractivity contribution < 1.29 is 14.3 Å². The van der Waals surface area contributed by atoms with Gasteiger partial charge in [0.25, 0.3) is 0 Å². The molecule has 1 aliphatic carbocycles. The Labute approximate surface area is 171 Å². The minimum absolute atomic E-state index is 0.00751. The number of benzene rings is 1. The number of nitriles is 1. The second kappa shape index (κ2) is 9.47. The van der Waals surface area contributed by atoms with Crippen LogP contribution in [-0.4, -0.2) is 23.8 Å². The van der Waals surface area contributed by atoms with Crippen LogP contribution in [-0.2, 0) is 20.7 Å². The second-order valence-corrected chi connectivity index (χ2v) is 7.71. The number of methoxy groups -OCH3 is 1. The Kier molecular flexibility index (Phi) is 6.77. The fourth-order valence-corrected chi connectivity index (χ4v) is 4.12. The number of fused-ring (bicyclic) bond motifs is 1. The number of nitrogens with zero attached hydrogens (tertiary/aromatic N) is 2. The SMILES string of the molecule is COC(=O)C(/C=C/C(=O)C1CCCCC1)(CC#N)Cc1nccc2ccccc12. The van der Waals surface area contributed by atoms with Gasteiger partial charge in [-0.1, -0.05) is 49.6 Å². The molecule has 5 heteroatoms. The molecule has 1 aromatic carbocycles. The summed E-state index contributed by atoms with van der Waals surface area (Å²) in [4.78, 5) is 29.9. The molecule has 1 aliphatic rings. The van der Waals surface area contributed by atoms with Crippen LogP contribution in [0.1, 0.15) is 44.2 Å². The van der Waals surface area contributed by atoms with Crippen LogP contribution in [0.15, 0.2) is 48.7 Å². The van der Waals surface area contributed by atoms with Crippen LogP contribution in [0.5, 0.6) is 0 Å². The molecule has 0 saturated heterocycles. The monoisotopic (exact) mass is 390 g/mol. The average molecular weight is 390 g/mol. The standard InChI is InChI=1S/C24H26N2O3/c1-29-23(28)24(14-15-25,13-11-22(27)19-8-3-2-4-9-19)17-21-20-10-6-5-7-18(20)12-16-26-21/h5-7,10-13,16,19H,2-4,8-9,14,17H2,1H3/b13-11+. The van der Waals surface area contributed by atoms with Crippen LogP contribution in [0.3, 0.4) is 0 Å². The van der Waals surface area contributed by atoms with E-state index < -0.39 is 11.4 Å². The van der Waals surface area contributed by atoms with Gasteiger partial charge in [-0.25, -0.2) is 0 Å². The molecule has 1 aromatic heterocycles. The Bertz CT molecular complexity index is 949. The number of ether oxygens (including phenoxy) is 1. The number of pyridine rings is 1. The predicted molar refractivity (Wildman–Crippen MR) is 111 cm³/mol. The summed E-state index contributed by atoms with van der Waals surface area (Å²) in [6, 6.07) is 11.8. The number of rotatable bonds is 7. The summed E-state index contributed by atoms with van der Waals surface area (Å²) in [5.41, 5.74) is -0.538. The Morgan fingerprint density at radius 3 is 2.72 bits per heavy atom. The van der Waals surface area contributed by atoms with Crippen molar-refractivity contribution in [2.24, 2.45) is 11.3 Å². The molecule has 0 N–H and O–H groups in total. The highest BCUT2D eigenvalue weighted by atomic mass is 16.5. The van der Waals surface area contributed by atoms with Gasteiger partial charge >= 0.3 is 5.97 Å². The molecule has 0 radical (unpaired) electrons. The van der Waals surface area contributed by atoms with Crippen LogP contribution < -0.4 is 0 Å². The Balaban J connectivity index is 1.96. The first-order valence-electron chi connectivity index (χ1n) is 10.1. The number of allylic oxidation sites excluding steroid dienone is 1. The third kappa shape index (κ3) is 4.71. The lowest BCUT2D eigenvalue weighted by Crippen LogP contribution is -2.33. The largest absolute Gasteiger partial charge is 0.468 e. The number of hydrogen-bond acceptors (Lipinski definition) is 5. The van der Waals surface area contributed by atoms with Crippen molar-refractivity contribution >= 4 is 22.5 Å². The molecule has 1 saturated carbocycles. The fraction of sp³-hybridized carbons (Fsp3) is 0.417. The third-order valence-corrected chi connectivity index (χ3v) is 5.80. The number of aromatic nitrogens is 1. The van der Waals surface area contributed by atoms with Crippen molar-refractivity contribution in [3.8, 4) is 6.07 Å². The Hall–Kier alpha value is -3.00. The minimum atomic E-state index is -1.25. The number of carbonyl (C=O) groups excluding carboxylic acids is 2. The average Bonchev–Trinajstić information content (AvgIpc) is 2.77. The predicted octanol–water partition coefficient (Wildman–Crippen LogP) is 4.56. The van der Waals surface area contributed by atoms with Crippen LogP contribution in [0, 0.1) is 22.7 Å². The number of carbonyl (C=O) groups is 2. The maximum atomic E-state index is 12.8. The summed E-state index contributed by atoms with van der Waals surface area (Å²) < 4.78 is 5.05. The second-order valence-electron chi connectivity index (χ2n) is 7.71. The quantitative estimate of drug-likeness (QED) is 0.511. The Morgan fingerprint density at radius 2 is 2.00 bits per heavy atom. The van der Waals surface area contributed by atoms with Gasteiger partial charge in [-0.15, -0.1) is 0 Å². The molecule has 0 amide bonds. The molecule has 2 aromatic rings. The first-order valence-corrected chi connectivity index (χ1v) is 10.1.